The Bertz CT molecular complexity index is 374. The van der Waals surface area contributed by atoms with Crippen LogP contribution in [-0.2, 0) is 11.2 Å². The number of nitrogens with two attached hydrogens (primary N) is 1. The first kappa shape index (κ1) is 9.21. The minimum absolute atomic E-state index is 0.0763. The van der Waals surface area contributed by atoms with Crippen LogP contribution < -0.4 is 11.1 Å². The summed E-state index contributed by atoms with van der Waals surface area (Å²) in [7, 11) is 0. The molecule has 0 aromatic heterocycles. The second-order valence-electron chi connectivity index (χ2n) is 3.80. The van der Waals surface area contributed by atoms with Crippen LogP contribution in [0.25, 0.3) is 0 Å². The summed E-state index contributed by atoms with van der Waals surface area (Å²) in [5.41, 5.74) is 9.00. The third kappa shape index (κ3) is 1.63. The van der Waals surface area contributed by atoms with Crippen LogP contribution >= 0.6 is 0 Å². The van der Waals surface area contributed by atoms with Crippen molar-refractivity contribution in [3.8, 4) is 0 Å². The van der Waals surface area contributed by atoms with Crippen molar-refractivity contribution in [2.75, 3.05) is 5.32 Å². The molecule has 74 valence electrons. The molecule has 0 fully saturated rings. The fourth-order valence-electron chi connectivity index (χ4n) is 1.72. The molecule has 0 saturated carbocycles. The summed E-state index contributed by atoms with van der Waals surface area (Å²) in [5.74, 6) is -0.0763. The van der Waals surface area contributed by atoms with Gasteiger partial charge in [0, 0.05) is 5.69 Å². The van der Waals surface area contributed by atoms with E-state index in [2.05, 4.69) is 11.4 Å². The number of anilines is 1. The van der Waals surface area contributed by atoms with Crippen molar-refractivity contribution in [2.45, 2.75) is 25.8 Å². The summed E-state index contributed by atoms with van der Waals surface area (Å²) in [5, 5.41) is 2.84. The first-order valence-electron chi connectivity index (χ1n) is 4.83. The maximum absolute atomic E-state index is 11.4. The van der Waals surface area contributed by atoms with Crippen LogP contribution in [0.5, 0.6) is 0 Å². The van der Waals surface area contributed by atoms with Crippen LogP contribution in [0.4, 0.5) is 5.69 Å². The largest absolute Gasteiger partial charge is 0.324 e. The van der Waals surface area contributed by atoms with Gasteiger partial charge < -0.3 is 11.1 Å². The second-order valence-corrected chi connectivity index (χ2v) is 3.80. The molecule has 0 bridgehead atoms. The van der Waals surface area contributed by atoms with E-state index in [-0.39, 0.29) is 11.9 Å². The van der Waals surface area contributed by atoms with Crippen LogP contribution in [0.15, 0.2) is 18.2 Å². The molecule has 0 saturated heterocycles. The van der Waals surface area contributed by atoms with Gasteiger partial charge in [-0.1, -0.05) is 17.7 Å². The minimum atomic E-state index is -0.372. The highest BCUT2D eigenvalue weighted by Crippen LogP contribution is 2.22. The minimum Gasteiger partial charge on any atom is -0.324 e. The van der Waals surface area contributed by atoms with E-state index in [1.807, 2.05) is 19.1 Å². The Morgan fingerprint density at radius 1 is 1.50 bits per heavy atom. The average molecular weight is 190 g/mol. The molecular weight excluding hydrogens is 176 g/mol. The third-order valence-corrected chi connectivity index (χ3v) is 2.58. The van der Waals surface area contributed by atoms with Crippen molar-refractivity contribution in [3.63, 3.8) is 0 Å². The lowest BCUT2D eigenvalue weighted by Crippen LogP contribution is -2.34. The standard InChI is InChI=1S/C11H14N2O/c1-7-2-5-10-8(6-7)3-4-9(12)11(14)13-10/h2,5-6,9H,3-4,12H2,1H3,(H,13,14). The molecule has 0 radical (unpaired) electrons. The Morgan fingerprint density at radius 3 is 3.07 bits per heavy atom. The van der Waals surface area contributed by atoms with E-state index in [9.17, 15) is 4.79 Å². The topological polar surface area (TPSA) is 55.1 Å². The van der Waals surface area contributed by atoms with Gasteiger partial charge in [0.2, 0.25) is 5.91 Å². The van der Waals surface area contributed by atoms with Gasteiger partial charge in [-0.2, -0.15) is 0 Å². The monoisotopic (exact) mass is 190 g/mol. The Morgan fingerprint density at radius 2 is 2.29 bits per heavy atom. The quantitative estimate of drug-likeness (QED) is 0.646. The molecule has 14 heavy (non-hydrogen) atoms. The highest BCUT2D eigenvalue weighted by atomic mass is 16.2. The van der Waals surface area contributed by atoms with Crippen LogP contribution in [0, 0.1) is 6.92 Å². The zero-order valence-electron chi connectivity index (χ0n) is 8.21. The van der Waals surface area contributed by atoms with Crippen molar-refractivity contribution < 1.29 is 4.79 Å². The van der Waals surface area contributed by atoms with Gasteiger partial charge in [-0.15, -0.1) is 0 Å². The molecule has 3 N–H and O–H groups in total. The van der Waals surface area contributed by atoms with E-state index in [0.717, 1.165) is 18.5 Å². The van der Waals surface area contributed by atoms with Gasteiger partial charge in [-0.25, -0.2) is 0 Å². The fraction of sp³-hybridized carbons (Fsp3) is 0.364. The number of nitrogens with one attached hydrogen (secondary N) is 1. The molecule has 1 unspecified atom stereocenters. The molecule has 0 aliphatic carbocycles. The first-order valence-corrected chi connectivity index (χ1v) is 4.83. The Labute approximate surface area is 83.3 Å². The van der Waals surface area contributed by atoms with Crippen molar-refractivity contribution in [1.29, 1.82) is 0 Å². The summed E-state index contributed by atoms with van der Waals surface area (Å²) < 4.78 is 0. The van der Waals surface area contributed by atoms with Crippen molar-refractivity contribution in [2.24, 2.45) is 5.73 Å². The second kappa shape index (κ2) is 3.42. The van der Waals surface area contributed by atoms with E-state index >= 15 is 0 Å². The molecule has 2 rings (SSSR count). The molecule has 0 spiro atoms. The number of benzene rings is 1. The van der Waals surface area contributed by atoms with Gasteiger partial charge in [0.1, 0.15) is 0 Å². The van der Waals surface area contributed by atoms with E-state index < -0.39 is 0 Å². The summed E-state index contributed by atoms with van der Waals surface area (Å²) >= 11 is 0. The lowest BCUT2D eigenvalue weighted by atomic mass is 10.0. The average Bonchev–Trinajstić information content (AvgIpc) is 2.29. The molecule has 1 amide bonds. The predicted molar refractivity (Wildman–Crippen MR) is 56.1 cm³/mol. The Kier molecular flexibility index (Phi) is 2.25. The number of amides is 1. The van der Waals surface area contributed by atoms with Crippen LogP contribution in [0.1, 0.15) is 17.5 Å². The number of hydrogen-bond donors (Lipinski definition) is 2. The molecular formula is C11H14N2O. The molecule has 1 aromatic carbocycles. The van der Waals surface area contributed by atoms with Crippen LogP contribution in [0.3, 0.4) is 0 Å². The predicted octanol–water partition coefficient (Wildman–Crippen LogP) is 1.21. The number of fused-ring (bicyclic) bond motifs is 1. The summed E-state index contributed by atoms with van der Waals surface area (Å²) in [6, 6.07) is 5.67. The SMILES string of the molecule is Cc1ccc2c(c1)CCC(N)C(=O)N2. The molecule has 1 aromatic rings. The molecule has 3 nitrogen and oxygen atoms in total. The third-order valence-electron chi connectivity index (χ3n) is 2.58. The number of carbonyl (C=O) groups excluding carboxylic acids is 1. The van der Waals surface area contributed by atoms with Gasteiger partial charge in [0.15, 0.2) is 0 Å². The number of carbonyl (C=O) groups is 1. The fourth-order valence-corrected chi connectivity index (χ4v) is 1.72. The molecule has 1 atom stereocenters. The molecule has 3 heteroatoms. The summed E-state index contributed by atoms with van der Waals surface area (Å²) in [4.78, 5) is 11.4. The van der Waals surface area contributed by atoms with E-state index in [1.54, 1.807) is 0 Å². The highest BCUT2D eigenvalue weighted by Gasteiger charge is 2.19. The molecule has 1 aliphatic heterocycles. The van der Waals surface area contributed by atoms with Gasteiger partial charge >= 0.3 is 0 Å². The van der Waals surface area contributed by atoms with Gasteiger partial charge in [-0.3, -0.25) is 4.79 Å². The van der Waals surface area contributed by atoms with Crippen LogP contribution in [-0.4, -0.2) is 11.9 Å². The van der Waals surface area contributed by atoms with Crippen molar-refractivity contribution >= 4 is 11.6 Å². The molecule has 1 aliphatic rings. The highest BCUT2D eigenvalue weighted by molar-refractivity contribution is 5.96. The smallest absolute Gasteiger partial charge is 0.241 e. The van der Waals surface area contributed by atoms with Crippen molar-refractivity contribution in [1.82, 2.24) is 0 Å². The summed E-state index contributed by atoms with van der Waals surface area (Å²) in [6.45, 7) is 2.05. The zero-order valence-corrected chi connectivity index (χ0v) is 8.21. The van der Waals surface area contributed by atoms with E-state index in [4.69, 9.17) is 5.73 Å². The maximum atomic E-state index is 11.4. The van der Waals surface area contributed by atoms with Crippen molar-refractivity contribution in [3.05, 3.63) is 29.3 Å². The van der Waals surface area contributed by atoms with Gasteiger partial charge in [0.25, 0.3) is 0 Å². The van der Waals surface area contributed by atoms with Gasteiger partial charge in [0.05, 0.1) is 6.04 Å². The summed E-state index contributed by atoms with van der Waals surface area (Å²) in [6.07, 6.45) is 1.60. The number of rotatable bonds is 0. The Hall–Kier alpha value is -1.35. The number of aryl methyl sites for hydroxylation is 2. The first-order chi connectivity index (χ1) is 6.66. The van der Waals surface area contributed by atoms with Gasteiger partial charge in [-0.05, 0) is 31.4 Å². The Balaban J connectivity index is 2.37. The van der Waals surface area contributed by atoms with E-state index in [0.29, 0.717) is 0 Å². The normalized spacial score (nSPS) is 21.0. The maximum Gasteiger partial charge on any atom is 0.241 e. The van der Waals surface area contributed by atoms with E-state index in [1.165, 1.54) is 11.1 Å². The lowest BCUT2D eigenvalue weighted by molar-refractivity contribution is -0.117. The zero-order chi connectivity index (χ0) is 10.1. The van der Waals surface area contributed by atoms with Crippen LogP contribution in [0.2, 0.25) is 0 Å². The lowest BCUT2D eigenvalue weighted by Gasteiger charge is -2.07. The number of hydrogen-bond acceptors (Lipinski definition) is 2. The molecule has 1 heterocycles.